The summed E-state index contributed by atoms with van der Waals surface area (Å²) in [5, 5.41) is 6.04. The standard InChI is InChI=1S/C47H33N5/c1-4-15-33(16-5-1)45-48-46(34-17-6-2-7-18-34)50-47(49-45)52-43-23-13-11-21-39(43)40-31-36(27-29-44(40)52)35-26-28-42-37(30-35)25-24-32-14-10-12-22-41(32)51(42)38-19-8-3-9-20-38/h1-31,47H,(H,48,49,50). The Labute approximate surface area is 302 Å². The lowest BCUT2D eigenvalue weighted by molar-refractivity contribution is 0.516. The van der Waals surface area contributed by atoms with E-state index in [1.165, 1.54) is 33.2 Å². The van der Waals surface area contributed by atoms with Gasteiger partial charge >= 0.3 is 0 Å². The van der Waals surface area contributed by atoms with E-state index in [1.807, 2.05) is 36.4 Å². The van der Waals surface area contributed by atoms with Crippen LogP contribution in [0.25, 0.3) is 45.1 Å². The summed E-state index contributed by atoms with van der Waals surface area (Å²) in [4.78, 5) is 12.6. The molecule has 3 heterocycles. The molecule has 0 saturated carbocycles. The lowest BCUT2D eigenvalue weighted by Crippen LogP contribution is -2.36. The minimum absolute atomic E-state index is 0.403. The highest BCUT2D eigenvalue weighted by Gasteiger charge is 2.25. The molecular weight excluding hydrogens is 635 g/mol. The molecule has 1 atom stereocenters. The molecule has 0 spiro atoms. The average Bonchev–Trinajstić information content (AvgIpc) is 3.45. The Bertz CT molecular complexity index is 2710. The number of para-hydroxylation sites is 3. The molecular formula is C47H33N5. The van der Waals surface area contributed by atoms with Crippen LogP contribution in [0.2, 0.25) is 0 Å². The Morgan fingerprint density at radius 2 is 1.08 bits per heavy atom. The highest BCUT2D eigenvalue weighted by molar-refractivity contribution is 6.14. The monoisotopic (exact) mass is 667 g/mol. The molecule has 0 bridgehead atoms. The summed E-state index contributed by atoms with van der Waals surface area (Å²) in [6, 6.07) is 62.0. The van der Waals surface area contributed by atoms with E-state index in [4.69, 9.17) is 9.98 Å². The second kappa shape index (κ2) is 12.4. The number of fused-ring (bicyclic) bond motifs is 5. The number of nitrogens with one attached hydrogen (secondary N) is 1. The van der Waals surface area contributed by atoms with Crippen molar-refractivity contribution < 1.29 is 0 Å². The Balaban J connectivity index is 1.10. The van der Waals surface area contributed by atoms with Crippen molar-refractivity contribution in [2.24, 2.45) is 9.98 Å². The highest BCUT2D eigenvalue weighted by Crippen LogP contribution is 2.43. The van der Waals surface area contributed by atoms with Crippen LogP contribution >= 0.6 is 0 Å². The van der Waals surface area contributed by atoms with Crippen LogP contribution in [0.4, 0.5) is 17.1 Å². The molecule has 246 valence electrons. The molecule has 5 nitrogen and oxygen atoms in total. The Morgan fingerprint density at radius 1 is 0.462 bits per heavy atom. The summed E-state index contributed by atoms with van der Waals surface area (Å²) >= 11 is 0. The zero-order valence-electron chi connectivity index (χ0n) is 28.3. The summed E-state index contributed by atoms with van der Waals surface area (Å²) < 4.78 is 2.31. The van der Waals surface area contributed by atoms with E-state index in [0.29, 0.717) is 5.84 Å². The molecule has 0 saturated heterocycles. The number of anilines is 3. The number of aliphatic imine (C=N–C) groups is 2. The molecule has 1 N–H and O–H groups in total. The fourth-order valence-corrected chi connectivity index (χ4v) is 7.54. The average molecular weight is 668 g/mol. The third-order valence-electron chi connectivity index (χ3n) is 10.00. The molecule has 7 aromatic carbocycles. The molecule has 8 aromatic rings. The topological polar surface area (TPSA) is 44.9 Å². The van der Waals surface area contributed by atoms with Crippen LogP contribution < -0.4 is 10.2 Å². The number of nitrogens with zero attached hydrogens (tertiary/aromatic N) is 4. The highest BCUT2D eigenvalue weighted by atomic mass is 15.3. The summed E-state index contributed by atoms with van der Waals surface area (Å²) in [5.74, 6) is 1.50. The van der Waals surface area contributed by atoms with Crippen molar-refractivity contribution in [1.29, 1.82) is 0 Å². The first-order valence-electron chi connectivity index (χ1n) is 17.6. The van der Waals surface area contributed by atoms with Gasteiger partial charge in [-0.15, -0.1) is 0 Å². The van der Waals surface area contributed by atoms with Gasteiger partial charge in [-0.25, -0.2) is 9.98 Å². The second-order valence-electron chi connectivity index (χ2n) is 13.1. The molecule has 52 heavy (non-hydrogen) atoms. The van der Waals surface area contributed by atoms with E-state index < -0.39 is 6.29 Å². The molecule has 2 aliphatic heterocycles. The molecule has 5 heteroatoms. The quantitative estimate of drug-likeness (QED) is 0.199. The van der Waals surface area contributed by atoms with Gasteiger partial charge in [0.15, 0.2) is 5.84 Å². The van der Waals surface area contributed by atoms with Crippen molar-refractivity contribution >= 4 is 62.7 Å². The SMILES string of the molecule is C1=Cc2cc(-c3ccc4c(c3)c3ccccc3n4C3N=C(c4ccccc4)N=C(c4ccccc4)N3)ccc2N(c2ccccc2)c2ccccc21. The number of amidine groups is 2. The normalized spacial score (nSPS) is 15.0. The second-order valence-corrected chi connectivity index (χ2v) is 13.1. The van der Waals surface area contributed by atoms with E-state index in [2.05, 4.69) is 166 Å². The first-order valence-corrected chi connectivity index (χ1v) is 17.6. The van der Waals surface area contributed by atoms with Gasteiger partial charge < -0.3 is 14.8 Å². The van der Waals surface area contributed by atoms with Crippen molar-refractivity contribution in [2.75, 3.05) is 4.90 Å². The molecule has 0 aliphatic carbocycles. The Hall–Kier alpha value is -6.98. The third-order valence-corrected chi connectivity index (χ3v) is 10.00. The van der Waals surface area contributed by atoms with E-state index in [9.17, 15) is 0 Å². The first kappa shape index (κ1) is 29.9. The number of hydrogen-bond acceptors (Lipinski definition) is 4. The van der Waals surface area contributed by atoms with Crippen LogP contribution in [0.15, 0.2) is 186 Å². The van der Waals surface area contributed by atoms with E-state index >= 15 is 0 Å². The van der Waals surface area contributed by atoms with E-state index in [0.717, 1.165) is 44.9 Å². The van der Waals surface area contributed by atoms with Gasteiger partial charge in [0.1, 0.15) is 5.84 Å². The molecule has 0 fully saturated rings. The van der Waals surface area contributed by atoms with Gasteiger partial charge in [0.25, 0.3) is 0 Å². The Kier molecular flexibility index (Phi) is 7.14. The van der Waals surface area contributed by atoms with Crippen molar-refractivity contribution in [3.05, 3.63) is 198 Å². The third kappa shape index (κ3) is 5.10. The van der Waals surface area contributed by atoms with Gasteiger partial charge in [-0.1, -0.05) is 140 Å². The number of rotatable bonds is 5. The zero-order chi connectivity index (χ0) is 34.4. The maximum atomic E-state index is 5.23. The Morgan fingerprint density at radius 3 is 1.90 bits per heavy atom. The lowest BCUT2D eigenvalue weighted by Gasteiger charge is -2.27. The van der Waals surface area contributed by atoms with Gasteiger partial charge in [0.2, 0.25) is 6.29 Å². The molecule has 1 unspecified atom stereocenters. The molecule has 2 aliphatic rings. The van der Waals surface area contributed by atoms with Crippen LogP contribution in [0, 0.1) is 0 Å². The van der Waals surface area contributed by atoms with Crippen molar-refractivity contribution in [3.8, 4) is 11.1 Å². The maximum absolute atomic E-state index is 5.23. The predicted octanol–water partition coefficient (Wildman–Crippen LogP) is 11.4. The molecule has 10 rings (SSSR count). The molecule has 0 amide bonds. The largest absolute Gasteiger partial charge is 0.331 e. The number of aromatic nitrogens is 1. The summed E-state index contributed by atoms with van der Waals surface area (Å²) in [6.07, 6.45) is 4.07. The molecule has 1 aromatic heterocycles. The number of hydrogen-bond donors (Lipinski definition) is 1. The molecule has 0 radical (unpaired) electrons. The fourth-order valence-electron chi connectivity index (χ4n) is 7.54. The van der Waals surface area contributed by atoms with Gasteiger partial charge in [-0.05, 0) is 70.8 Å². The minimum Gasteiger partial charge on any atom is -0.331 e. The summed E-state index contributed by atoms with van der Waals surface area (Å²) in [7, 11) is 0. The van der Waals surface area contributed by atoms with Gasteiger partial charge in [0, 0.05) is 27.6 Å². The van der Waals surface area contributed by atoms with Crippen LogP contribution in [0.3, 0.4) is 0 Å². The summed E-state index contributed by atoms with van der Waals surface area (Å²) in [5.41, 5.74) is 12.4. The zero-order valence-corrected chi connectivity index (χ0v) is 28.3. The number of benzene rings is 7. The van der Waals surface area contributed by atoms with Crippen molar-refractivity contribution in [1.82, 2.24) is 9.88 Å². The van der Waals surface area contributed by atoms with Crippen LogP contribution in [0.5, 0.6) is 0 Å². The van der Waals surface area contributed by atoms with Crippen molar-refractivity contribution in [2.45, 2.75) is 6.29 Å². The lowest BCUT2D eigenvalue weighted by atomic mass is 9.99. The maximum Gasteiger partial charge on any atom is 0.204 e. The fraction of sp³-hybridized carbons (Fsp3) is 0.0213. The van der Waals surface area contributed by atoms with Gasteiger partial charge in [-0.2, -0.15) is 0 Å². The van der Waals surface area contributed by atoms with Crippen molar-refractivity contribution in [3.63, 3.8) is 0 Å². The van der Waals surface area contributed by atoms with Crippen LogP contribution in [-0.2, 0) is 0 Å². The summed E-state index contributed by atoms with van der Waals surface area (Å²) in [6.45, 7) is 0. The first-order chi connectivity index (χ1) is 25.8. The van der Waals surface area contributed by atoms with E-state index in [-0.39, 0.29) is 0 Å². The minimum atomic E-state index is -0.403. The van der Waals surface area contributed by atoms with E-state index in [1.54, 1.807) is 0 Å². The van der Waals surface area contributed by atoms with Crippen LogP contribution in [-0.4, -0.2) is 16.2 Å². The van der Waals surface area contributed by atoms with Gasteiger partial charge in [-0.3, -0.25) is 0 Å². The smallest absolute Gasteiger partial charge is 0.204 e. The van der Waals surface area contributed by atoms with Crippen LogP contribution in [0.1, 0.15) is 28.5 Å². The van der Waals surface area contributed by atoms with Gasteiger partial charge in [0.05, 0.1) is 22.4 Å². The predicted molar refractivity (Wildman–Crippen MR) is 217 cm³/mol.